The first-order chi connectivity index (χ1) is 9.15. The van der Waals surface area contributed by atoms with E-state index in [0.29, 0.717) is 19.2 Å². The number of hydrogen-bond acceptors (Lipinski definition) is 5. The van der Waals surface area contributed by atoms with Gasteiger partial charge in [-0.15, -0.1) is 11.3 Å². The van der Waals surface area contributed by atoms with Gasteiger partial charge in [-0.05, 0) is 19.1 Å². The molecule has 0 aromatic carbocycles. The van der Waals surface area contributed by atoms with Crippen molar-refractivity contribution in [1.82, 2.24) is 15.3 Å². The van der Waals surface area contributed by atoms with E-state index in [1.165, 1.54) is 0 Å². The second-order valence-electron chi connectivity index (χ2n) is 4.65. The standard InChI is InChI=1S/C14H19N3OS/c1-10(2)16-8-12-13(5-4-11(3)17-12)18-9-14-15-6-7-19-14/h4-7,10,16H,8-9H2,1-3H3. The fourth-order valence-electron chi connectivity index (χ4n) is 1.62. The second-order valence-corrected chi connectivity index (χ2v) is 5.63. The van der Waals surface area contributed by atoms with Crippen molar-refractivity contribution in [1.29, 1.82) is 0 Å². The Balaban J connectivity index is 2.05. The summed E-state index contributed by atoms with van der Waals surface area (Å²) in [6.07, 6.45) is 1.79. The highest BCUT2D eigenvalue weighted by molar-refractivity contribution is 7.09. The number of thiazole rings is 1. The molecule has 0 aliphatic heterocycles. The molecule has 0 saturated carbocycles. The zero-order valence-corrected chi connectivity index (χ0v) is 12.3. The van der Waals surface area contributed by atoms with Crippen LogP contribution in [-0.4, -0.2) is 16.0 Å². The summed E-state index contributed by atoms with van der Waals surface area (Å²) in [6.45, 7) is 7.44. The highest BCUT2D eigenvalue weighted by Crippen LogP contribution is 2.19. The van der Waals surface area contributed by atoms with Crippen molar-refractivity contribution >= 4 is 11.3 Å². The molecule has 102 valence electrons. The summed E-state index contributed by atoms with van der Waals surface area (Å²) in [5.74, 6) is 0.828. The fraction of sp³-hybridized carbons (Fsp3) is 0.429. The van der Waals surface area contributed by atoms with Crippen molar-refractivity contribution < 1.29 is 4.74 Å². The number of nitrogens with zero attached hydrogens (tertiary/aromatic N) is 2. The molecule has 4 nitrogen and oxygen atoms in total. The van der Waals surface area contributed by atoms with Gasteiger partial charge in [-0.25, -0.2) is 4.98 Å². The Morgan fingerprint density at radius 3 is 2.89 bits per heavy atom. The molecule has 2 rings (SSSR count). The SMILES string of the molecule is Cc1ccc(OCc2nccs2)c(CNC(C)C)n1. The summed E-state index contributed by atoms with van der Waals surface area (Å²) in [5, 5.41) is 6.29. The Morgan fingerprint density at radius 1 is 1.37 bits per heavy atom. The van der Waals surface area contributed by atoms with Gasteiger partial charge in [0.1, 0.15) is 17.4 Å². The monoisotopic (exact) mass is 277 g/mol. The first-order valence-corrected chi connectivity index (χ1v) is 7.24. The van der Waals surface area contributed by atoms with Crippen LogP contribution in [0, 0.1) is 6.92 Å². The van der Waals surface area contributed by atoms with Gasteiger partial charge < -0.3 is 10.1 Å². The Morgan fingerprint density at radius 2 is 2.21 bits per heavy atom. The van der Waals surface area contributed by atoms with Crippen LogP contribution < -0.4 is 10.1 Å². The Bertz CT molecular complexity index is 511. The minimum atomic E-state index is 0.425. The normalized spacial score (nSPS) is 10.9. The molecule has 5 heteroatoms. The van der Waals surface area contributed by atoms with Crippen LogP contribution in [0.5, 0.6) is 5.75 Å². The van der Waals surface area contributed by atoms with Crippen LogP contribution in [-0.2, 0) is 13.2 Å². The highest BCUT2D eigenvalue weighted by Gasteiger charge is 2.07. The minimum Gasteiger partial charge on any atom is -0.484 e. The molecule has 19 heavy (non-hydrogen) atoms. The fourth-order valence-corrected chi connectivity index (χ4v) is 2.15. The molecule has 0 atom stereocenters. The Kier molecular flexibility index (Phi) is 4.87. The summed E-state index contributed by atoms with van der Waals surface area (Å²) in [7, 11) is 0. The third kappa shape index (κ3) is 4.29. The molecule has 0 bridgehead atoms. The lowest BCUT2D eigenvalue weighted by Gasteiger charge is -2.13. The van der Waals surface area contributed by atoms with E-state index in [4.69, 9.17) is 4.74 Å². The van der Waals surface area contributed by atoms with Crippen molar-refractivity contribution in [2.45, 2.75) is 40.0 Å². The Hall–Kier alpha value is -1.46. The van der Waals surface area contributed by atoms with E-state index in [0.717, 1.165) is 22.1 Å². The molecule has 2 heterocycles. The molecule has 1 N–H and O–H groups in total. The average molecular weight is 277 g/mol. The number of hydrogen-bond donors (Lipinski definition) is 1. The lowest BCUT2D eigenvalue weighted by molar-refractivity contribution is 0.299. The van der Waals surface area contributed by atoms with Gasteiger partial charge in [0.15, 0.2) is 0 Å². The third-order valence-electron chi connectivity index (χ3n) is 2.58. The van der Waals surface area contributed by atoms with Crippen LogP contribution in [0.4, 0.5) is 0 Å². The molecule has 0 amide bonds. The van der Waals surface area contributed by atoms with Gasteiger partial charge in [0.2, 0.25) is 0 Å². The number of rotatable bonds is 6. The summed E-state index contributed by atoms with van der Waals surface area (Å²) >= 11 is 1.60. The van der Waals surface area contributed by atoms with Crippen molar-refractivity contribution in [3.05, 3.63) is 40.1 Å². The maximum Gasteiger partial charge on any atom is 0.142 e. The van der Waals surface area contributed by atoms with E-state index in [2.05, 4.69) is 29.1 Å². The van der Waals surface area contributed by atoms with Gasteiger partial charge in [0.05, 0.1) is 5.69 Å². The topological polar surface area (TPSA) is 47.0 Å². The van der Waals surface area contributed by atoms with Gasteiger partial charge in [-0.3, -0.25) is 4.98 Å². The predicted molar refractivity (Wildman–Crippen MR) is 77.4 cm³/mol. The van der Waals surface area contributed by atoms with Crippen LogP contribution in [0.1, 0.15) is 30.2 Å². The molecular weight excluding hydrogens is 258 g/mol. The smallest absolute Gasteiger partial charge is 0.142 e. The van der Waals surface area contributed by atoms with E-state index in [1.807, 2.05) is 24.4 Å². The van der Waals surface area contributed by atoms with Crippen LogP contribution in [0.2, 0.25) is 0 Å². The van der Waals surface area contributed by atoms with Crippen LogP contribution in [0.3, 0.4) is 0 Å². The van der Waals surface area contributed by atoms with Crippen LogP contribution >= 0.6 is 11.3 Å². The number of aryl methyl sites for hydroxylation is 1. The molecule has 0 saturated heterocycles. The largest absolute Gasteiger partial charge is 0.484 e. The third-order valence-corrected chi connectivity index (χ3v) is 3.34. The molecular formula is C14H19N3OS. The van der Waals surface area contributed by atoms with E-state index in [1.54, 1.807) is 17.5 Å². The average Bonchev–Trinajstić information content (AvgIpc) is 2.88. The van der Waals surface area contributed by atoms with Crippen molar-refractivity contribution in [2.24, 2.45) is 0 Å². The maximum atomic E-state index is 5.81. The molecule has 0 fully saturated rings. The number of aromatic nitrogens is 2. The molecule has 0 spiro atoms. The first-order valence-electron chi connectivity index (χ1n) is 6.36. The zero-order chi connectivity index (χ0) is 13.7. The van der Waals surface area contributed by atoms with Crippen molar-refractivity contribution in [3.63, 3.8) is 0 Å². The lowest BCUT2D eigenvalue weighted by atomic mass is 10.2. The zero-order valence-electron chi connectivity index (χ0n) is 11.5. The van der Waals surface area contributed by atoms with Crippen LogP contribution in [0.15, 0.2) is 23.7 Å². The van der Waals surface area contributed by atoms with Crippen molar-refractivity contribution in [3.8, 4) is 5.75 Å². The molecule has 0 aliphatic carbocycles. The van der Waals surface area contributed by atoms with E-state index in [-0.39, 0.29) is 0 Å². The summed E-state index contributed by atoms with van der Waals surface area (Å²) < 4.78 is 5.81. The van der Waals surface area contributed by atoms with Gasteiger partial charge in [0, 0.05) is 29.9 Å². The molecule has 0 unspecified atom stereocenters. The van der Waals surface area contributed by atoms with Gasteiger partial charge in [-0.1, -0.05) is 13.8 Å². The quantitative estimate of drug-likeness (QED) is 0.882. The molecule has 0 aliphatic rings. The maximum absolute atomic E-state index is 5.81. The van der Waals surface area contributed by atoms with Gasteiger partial charge >= 0.3 is 0 Å². The molecule has 2 aromatic rings. The van der Waals surface area contributed by atoms with Gasteiger partial charge in [0.25, 0.3) is 0 Å². The van der Waals surface area contributed by atoms with Gasteiger partial charge in [-0.2, -0.15) is 0 Å². The first kappa shape index (κ1) is 14.0. The predicted octanol–water partition coefficient (Wildman–Crippen LogP) is 2.92. The number of pyridine rings is 1. The lowest BCUT2D eigenvalue weighted by Crippen LogP contribution is -2.23. The van der Waals surface area contributed by atoms with Crippen molar-refractivity contribution in [2.75, 3.05) is 0 Å². The Labute approximate surface area is 117 Å². The summed E-state index contributed by atoms with van der Waals surface area (Å²) in [5.41, 5.74) is 1.95. The minimum absolute atomic E-state index is 0.425. The highest BCUT2D eigenvalue weighted by atomic mass is 32.1. The van der Waals surface area contributed by atoms with E-state index >= 15 is 0 Å². The second kappa shape index (κ2) is 6.63. The van der Waals surface area contributed by atoms with E-state index < -0.39 is 0 Å². The molecule has 0 radical (unpaired) electrons. The number of ether oxygens (including phenoxy) is 1. The summed E-state index contributed by atoms with van der Waals surface area (Å²) in [6, 6.07) is 4.37. The number of nitrogens with one attached hydrogen (secondary N) is 1. The van der Waals surface area contributed by atoms with Crippen LogP contribution in [0.25, 0.3) is 0 Å². The molecule has 2 aromatic heterocycles. The van der Waals surface area contributed by atoms with E-state index in [9.17, 15) is 0 Å². The summed E-state index contributed by atoms with van der Waals surface area (Å²) in [4.78, 5) is 8.75.